The molecule has 0 spiro atoms. The fraction of sp³-hybridized carbons (Fsp3) is 0.667. The summed E-state index contributed by atoms with van der Waals surface area (Å²) in [5, 5.41) is 16.5. The minimum atomic E-state index is 0. The van der Waals surface area contributed by atoms with Crippen molar-refractivity contribution >= 4 is 6.79 Å². The molecule has 0 amide bonds. The van der Waals surface area contributed by atoms with Gasteiger partial charge in [0.15, 0.2) is 0 Å². The van der Waals surface area contributed by atoms with Gasteiger partial charge in [-0.05, 0) is 0 Å². The molecular formula is C3H6CoO3. The predicted molar refractivity (Wildman–Crippen MR) is 17.5 cm³/mol. The summed E-state index contributed by atoms with van der Waals surface area (Å²) >= 11 is 0. The Morgan fingerprint density at radius 1 is 1.00 bits per heavy atom. The third-order valence-corrected chi connectivity index (χ3v) is 0. The van der Waals surface area contributed by atoms with Crippen LogP contribution in [0.15, 0.2) is 0 Å². The fourth-order valence-electron chi connectivity index (χ4n) is 0. The van der Waals surface area contributed by atoms with Crippen molar-refractivity contribution in [1.29, 1.82) is 0 Å². The van der Waals surface area contributed by atoms with E-state index in [1.807, 2.05) is 0 Å². The van der Waals surface area contributed by atoms with Crippen LogP contribution in [-0.4, -0.2) is 21.0 Å². The van der Waals surface area contributed by atoms with Crippen LogP contribution in [0.5, 0.6) is 0 Å². The van der Waals surface area contributed by atoms with E-state index in [-0.39, 0.29) is 16.8 Å². The second kappa shape index (κ2) is 17000. The van der Waals surface area contributed by atoms with Gasteiger partial charge in [-0.3, -0.25) is 4.79 Å². The zero-order valence-electron chi connectivity index (χ0n) is 4.06. The van der Waals surface area contributed by atoms with Crippen LogP contribution in [0, 0.1) is 0 Å². The average Bonchev–Trinajstić information content (AvgIpc) is 1.81. The first-order valence-electron chi connectivity index (χ1n) is 1.02. The summed E-state index contributed by atoms with van der Waals surface area (Å²) in [5.41, 5.74) is 0. The van der Waals surface area contributed by atoms with Crippen LogP contribution in [0.4, 0.5) is 0 Å². The van der Waals surface area contributed by atoms with Gasteiger partial charge in [-0.1, -0.05) is 0 Å². The Kier molecular flexibility index (Phi) is 66800. The van der Waals surface area contributed by atoms with Gasteiger partial charge in [-0.2, -0.15) is 14.2 Å². The van der Waals surface area contributed by atoms with Crippen LogP contribution in [0.2, 0.25) is 0 Å². The Labute approximate surface area is 53.6 Å². The minimum Gasteiger partial charge on any atom is -0.857 e. The van der Waals surface area contributed by atoms with E-state index in [0.29, 0.717) is 0 Å². The van der Waals surface area contributed by atoms with Crippen molar-refractivity contribution < 1.29 is 31.8 Å². The molecule has 0 aromatic rings. The molecule has 0 unspecified atom stereocenters. The first kappa shape index (κ1) is 27.5. The standard InChI is InChI=1S/2CH3O.CO.Co/c3*1-2;/h2*1H3;;/q2*-1;;+2. The van der Waals surface area contributed by atoms with Crippen LogP contribution in [0.3, 0.4) is 0 Å². The molecular weight excluding hydrogens is 143 g/mol. The zero-order valence-corrected chi connectivity index (χ0v) is 5.10. The van der Waals surface area contributed by atoms with Crippen LogP contribution in [0.1, 0.15) is 0 Å². The van der Waals surface area contributed by atoms with Gasteiger partial charge in [0, 0.05) is 0 Å². The normalized spacial score (nSPS) is 2.29. The third-order valence-electron chi connectivity index (χ3n) is 0. The molecule has 45 valence electrons. The first-order chi connectivity index (χ1) is 3.00. The van der Waals surface area contributed by atoms with Gasteiger partial charge in [0.2, 0.25) is 0 Å². The smallest absolute Gasteiger partial charge is 0.857 e. The Balaban J connectivity index is -0.00000000900. The quantitative estimate of drug-likeness (QED) is 0.384. The van der Waals surface area contributed by atoms with Crippen molar-refractivity contribution in [2.45, 2.75) is 0 Å². The molecule has 0 fully saturated rings. The molecule has 0 N–H and O–H groups in total. The molecule has 0 atom stereocenters. The zero-order chi connectivity index (χ0) is 6.00. The summed E-state index contributed by atoms with van der Waals surface area (Å²) in [6.07, 6.45) is 0. The van der Waals surface area contributed by atoms with Crippen molar-refractivity contribution in [2.75, 3.05) is 14.2 Å². The Bertz CT molecular complexity index is 10.1. The van der Waals surface area contributed by atoms with E-state index in [1.165, 1.54) is 0 Å². The summed E-state index contributed by atoms with van der Waals surface area (Å²) in [6.45, 7) is 4.50. The van der Waals surface area contributed by atoms with Gasteiger partial charge in [0.25, 0.3) is 6.79 Å². The van der Waals surface area contributed by atoms with Crippen molar-refractivity contribution in [3.8, 4) is 0 Å². The second-order valence-corrected chi connectivity index (χ2v) is 0. The summed E-state index contributed by atoms with van der Waals surface area (Å²) in [4.78, 5) is 7.50. The van der Waals surface area contributed by atoms with E-state index >= 15 is 0 Å². The summed E-state index contributed by atoms with van der Waals surface area (Å²) in [7, 11) is 1.50. The van der Waals surface area contributed by atoms with Crippen molar-refractivity contribution in [2.24, 2.45) is 0 Å². The summed E-state index contributed by atoms with van der Waals surface area (Å²) in [6, 6.07) is 0. The first-order valence-corrected chi connectivity index (χ1v) is 1.02. The molecule has 0 saturated carbocycles. The molecule has 0 rings (SSSR count). The molecule has 3 radical (unpaired) electrons. The van der Waals surface area contributed by atoms with Gasteiger partial charge >= 0.3 is 16.8 Å². The van der Waals surface area contributed by atoms with Crippen LogP contribution < -0.4 is 10.2 Å². The predicted octanol–water partition coefficient (Wildman–Crippen LogP) is -2.45. The molecule has 0 bridgehead atoms. The van der Waals surface area contributed by atoms with Gasteiger partial charge in [-0.15, -0.1) is 0 Å². The van der Waals surface area contributed by atoms with E-state index in [0.717, 1.165) is 14.2 Å². The Morgan fingerprint density at radius 2 is 1.00 bits per heavy atom. The molecule has 0 saturated heterocycles. The average molecular weight is 149 g/mol. The molecule has 0 aliphatic rings. The van der Waals surface area contributed by atoms with Gasteiger partial charge in [-0.25, -0.2) is 0 Å². The fourth-order valence-corrected chi connectivity index (χ4v) is 0. The number of carbonyl (C=O) groups excluding carboxylic acids is 1. The largest absolute Gasteiger partial charge is 2.00 e. The molecule has 4 heteroatoms. The second-order valence-electron chi connectivity index (χ2n) is 0. The maximum Gasteiger partial charge on any atom is 2.00 e. The molecule has 0 aliphatic carbocycles. The van der Waals surface area contributed by atoms with Crippen LogP contribution >= 0.6 is 0 Å². The van der Waals surface area contributed by atoms with Crippen LogP contribution in [0.25, 0.3) is 0 Å². The maximum absolute atomic E-state index is 8.25. The van der Waals surface area contributed by atoms with Gasteiger partial charge < -0.3 is 10.2 Å². The van der Waals surface area contributed by atoms with Gasteiger partial charge in [0.05, 0.1) is 0 Å². The molecule has 0 heterocycles. The van der Waals surface area contributed by atoms with Crippen molar-refractivity contribution in [1.82, 2.24) is 0 Å². The van der Waals surface area contributed by atoms with Gasteiger partial charge in [0.1, 0.15) is 0 Å². The van der Waals surface area contributed by atoms with E-state index in [2.05, 4.69) is 6.79 Å². The van der Waals surface area contributed by atoms with E-state index < -0.39 is 0 Å². The molecule has 7 heavy (non-hydrogen) atoms. The van der Waals surface area contributed by atoms with Crippen molar-refractivity contribution in [3.63, 3.8) is 0 Å². The maximum atomic E-state index is 8.25. The molecule has 0 aromatic heterocycles. The summed E-state index contributed by atoms with van der Waals surface area (Å²) in [5.74, 6) is 0. The Morgan fingerprint density at radius 3 is 1.00 bits per heavy atom. The Hall–Kier alpha value is 0.0965. The molecule has 3 nitrogen and oxygen atoms in total. The number of hydrogen-bond acceptors (Lipinski definition) is 3. The van der Waals surface area contributed by atoms with E-state index in [1.54, 1.807) is 0 Å². The van der Waals surface area contributed by atoms with Crippen molar-refractivity contribution in [3.05, 3.63) is 0 Å². The minimum absolute atomic E-state index is 0. The monoisotopic (exact) mass is 149 g/mol. The molecule has 0 aliphatic heterocycles. The third kappa shape index (κ3) is 11000. The number of hydrogen-bond donors (Lipinski definition) is 0. The van der Waals surface area contributed by atoms with E-state index in [4.69, 9.17) is 15.0 Å². The summed E-state index contributed by atoms with van der Waals surface area (Å²) < 4.78 is 0. The SMILES string of the molecule is C[O-].C[O-].[C]=O.[Co+2]. The van der Waals surface area contributed by atoms with Crippen LogP contribution in [-0.2, 0) is 21.6 Å². The molecule has 0 aromatic carbocycles. The number of rotatable bonds is 0. The topological polar surface area (TPSA) is 63.2 Å². The van der Waals surface area contributed by atoms with E-state index in [9.17, 15) is 0 Å².